The zero-order valence-electron chi connectivity index (χ0n) is 20.1. The Balaban J connectivity index is 1.29. The van der Waals surface area contributed by atoms with Crippen molar-refractivity contribution in [2.24, 2.45) is 0 Å². The van der Waals surface area contributed by atoms with Crippen LogP contribution in [-0.2, 0) is 10.0 Å². The van der Waals surface area contributed by atoms with Gasteiger partial charge in [0.15, 0.2) is 5.82 Å². The summed E-state index contributed by atoms with van der Waals surface area (Å²) in [5, 5.41) is 6.37. The molecular weight excluding hydrogens is 498 g/mol. The second kappa shape index (κ2) is 10.5. The number of likely N-dealkylation sites (N-methyl/N-ethyl adjacent to an activating group) is 1. The molecule has 3 aromatic rings. The van der Waals surface area contributed by atoms with Gasteiger partial charge in [-0.25, -0.2) is 13.4 Å². The van der Waals surface area contributed by atoms with Crippen molar-refractivity contribution >= 4 is 56.1 Å². The highest BCUT2D eigenvalue weighted by Gasteiger charge is 2.36. The number of sulfonamides is 1. The lowest BCUT2D eigenvalue weighted by Crippen LogP contribution is -2.28. The van der Waals surface area contributed by atoms with Crippen LogP contribution in [0.5, 0.6) is 0 Å². The molecule has 5 rings (SSSR count). The van der Waals surface area contributed by atoms with E-state index in [2.05, 4.69) is 54.3 Å². The molecule has 0 bridgehead atoms. The number of aromatic nitrogens is 2. The fraction of sp³-hybridized carbons (Fsp3) is 0.360. The molecule has 2 heterocycles. The van der Waals surface area contributed by atoms with E-state index in [1.54, 1.807) is 18.2 Å². The van der Waals surface area contributed by atoms with E-state index >= 15 is 0 Å². The molecule has 1 saturated carbocycles. The van der Waals surface area contributed by atoms with Crippen molar-refractivity contribution in [2.45, 2.75) is 24.5 Å². The molecule has 190 valence electrons. The molecule has 1 aliphatic heterocycles. The molecule has 2 fully saturated rings. The second-order valence-corrected chi connectivity index (χ2v) is 11.6. The Hall–Kier alpha value is -3.08. The zero-order valence-corrected chi connectivity index (χ0v) is 21.7. The molecule has 0 spiro atoms. The Labute approximate surface area is 216 Å². The van der Waals surface area contributed by atoms with Gasteiger partial charge in [-0.15, -0.1) is 0 Å². The van der Waals surface area contributed by atoms with E-state index in [1.807, 2.05) is 18.2 Å². The van der Waals surface area contributed by atoms with Crippen LogP contribution in [0.3, 0.4) is 0 Å². The van der Waals surface area contributed by atoms with Gasteiger partial charge in [0.05, 0.1) is 22.8 Å². The standard InChI is InChI=1S/C25H30ClN7O2S/c1-32-13-4-14-33(16-15-32)19-9-7-18(8-10-19)28-25-27-17-21(26)24(30-25)29-22-5-2-3-6-23(22)31-36(34,35)20-11-12-20/h2-3,5-10,17,20,31H,4,11-16H2,1H3,(H2,27,28,29,30). The molecule has 9 nitrogen and oxygen atoms in total. The van der Waals surface area contributed by atoms with Gasteiger partial charge >= 0.3 is 0 Å². The summed E-state index contributed by atoms with van der Waals surface area (Å²) in [6.07, 6.45) is 4.04. The Bertz CT molecular complexity index is 1320. The van der Waals surface area contributed by atoms with E-state index in [4.69, 9.17) is 11.6 Å². The van der Waals surface area contributed by atoms with Gasteiger partial charge in [0, 0.05) is 31.0 Å². The predicted molar refractivity (Wildman–Crippen MR) is 146 cm³/mol. The van der Waals surface area contributed by atoms with E-state index in [1.165, 1.54) is 11.9 Å². The van der Waals surface area contributed by atoms with Crippen molar-refractivity contribution in [3.8, 4) is 0 Å². The van der Waals surface area contributed by atoms with Crippen molar-refractivity contribution in [3.63, 3.8) is 0 Å². The van der Waals surface area contributed by atoms with Crippen LogP contribution in [0.25, 0.3) is 0 Å². The van der Waals surface area contributed by atoms with Crippen LogP contribution in [0.1, 0.15) is 19.3 Å². The molecular formula is C25H30ClN7O2S. The lowest BCUT2D eigenvalue weighted by Gasteiger charge is -2.23. The van der Waals surface area contributed by atoms with E-state index < -0.39 is 10.0 Å². The number of hydrogen-bond donors (Lipinski definition) is 3. The SMILES string of the molecule is CN1CCCN(c2ccc(Nc3ncc(Cl)c(Nc4ccccc4NS(=O)(=O)C4CC4)n3)cc2)CC1. The van der Waals surface area contributed by atoms with Crippen molar-refractivity contribution in [1.82, 2.24) is 14.9 Å². The summed E-state index contributed by atoms with van der Waals surface area (Å²) in [6.45, 7) is 4.23. The quantitative estimate of drug-likeness (QED) is 0.388. The summed E-state index contributed by atoms with van der Waals surface area (Å²) in [7, 11) is -1.24. The largest absolute Gasteiger partial charge is 0.370 e. The summed E-state index contributed by atoms with van der Waals surface area (Å²) >= 11 is 6.36. The fourth-order valence-corrected chi connectivity index (χ4v) is 5.67. The summed E-state index contributed by atoms with van der Waals surface area (Å²) < 4.78 is 27.6. The van der Waals surface area contributed by atoms with E-state index in [9.17, 15) is 8.42 Å². The van der Waals surface area contributed by atoms with Crippen LogP contribution < -0.4 is 20.3 Å². The molecule has 1 aromatic heterocycles. The van der Waals surface area contributed by atoms with Gasteiger partial charge in [-0.3, -0.25) is 4.72 Å². The minimum absolute atomic E-state index is 0.321. The van der Waals surface area contributed by atoms with Gasteiger partial charge in [0.1, 0.15) is 5.02 Å². The monoisotopic (exact) mass is 527 g/mol. The first kappa shape index (κ1) is 24.6. The van der Waals surface area contributed by atoms with Gasteiger partial charge in [-0.1, -0.05) is 23.7 Å². The predicted octanol–water partition coefficient (Wildman–Crippen LogP) is 4.66. The molecule has 36 heavy (non-hydrogen) atoms. The van der Waals surface area contributed by atoms with Gasteiger partial charge < -0.3 is 20.4 Å². The smallest absolute Gasteiger partial charge is 0.235 e. The topological polar surface area (TPSA) is 102 Å². The van der Waals surface area contributed by atoms with Gasteiger partial charge in [-0.05, 0) is 69.3 Å². The van der Waals surface area contributed by atoms with E-state index in [0.29, 0.717) is 41.0 Å². The highest BCUT2D eigenvalue weighted by molar-refractivity contribution is 7.93. The number of anilines is 6. The number of benzene rings is 2. The molecule has 2 aromatic carbocycles. The lowest BCUT2D eigenvalue weighted by molar-refractivity contribution is 0.360. The van der Waals surface area contributed by atoms with Crippen molar-refractivity contribution in [1.29, 1.82) is 0 Å². The van der Waals surface area contributed by atoms with Crippen molar-refractivity contribution < 1.29 is 8.42 Å². The van der Waals surface area contributed by atoms with Crippen LogP contribution in [0.4, 0.5) is 34.5 Å². The van der Waals surface area contributed by atoms with Crippen LogP contribution in [0.2, 0.25) is 5.02 Å². The Kier molecular flexibility index (Phi) is 7.17. The highest BCUT2D eigenvalue weighted by atomic mass is 35.5. The number of nitrogens with zero attached hydrogens (tertiary/aromatic N) is 4. The fourth-order valence-electron chi connectivity index (χ4n) is 4.13. The highest BCUT2D eigenvalue weighted by Crippen LogP contribution is 2.34. The zero-order chi connectivity index (χ0) is 25.1. The molecule has 0 amide bonds. The average molecular weight is 528 g/mol. The van der Waals surface area contributed by atoms with Crippen LogP contribution in [0.15, 0.2) is 54.7 Å². The van der Waals surface area contributed by atoms with Crippen LogP contribution >= 0.6 is 11.6 Å². The molecule has 1 saturated heterocycles. The van der Waals surface area contributed by atoms with Gasteiger partial charge in [-0.2, -0.15) is 4.98 Å². The van der Waals surface area contributed by atoms with Crippen molar-refractivity contribution in [3.05, 3.63) is 59.8 Å². The molecule has 11 heteroatoms. The maximum absolute atomic E-state index is 12.4. The van der Waals surface area contributed by atoms with Gasteiger partial charge in [0.25, 0.3) is 0 Å². The molecule has 2 aliphatic rings. The summed E-state index contributed by atoms with van der Waals surface area (Å²) in [5.41, 5.74) is 3.06. The third-order valence-electron chi connectivity index (χ3n) is 6.35. The number of rotatable bonds is 8. The minimum Gasteiger partial charge on any atom is -0.370 e. The molecule has 0 atom stereocenters. The minimum atomic E-state index is -3.40. The average Bonchev–Trinajstić information content (AvgIpc) is 3.72. The second-order valence-electron chi connectivity index (χ2n) is 9.22. The number of nitrogens with one attached hydrogen (secondary N) is 3. The first-order chi connectivity index (χ1) is 17.4. The van der Waals surface area contributed by atoms with E-state index in [-0.39, 0.29) is 5.25 Å². The number of para-hydroxylation sites is 2. The normalized spacial score (nSPS) is 16.9. The van der Waals surface area contributed by atoms with Crippen LogP contribution in [-0.4, -0.2) is 61.8 Å². The first-order valence-corrected chi connectivity index (χ1v) is 14.0. The maximum Gasteiger partial charge on any atom is 0.235 e. The summed E-state index contributed by atoms with van der Waals surface area (Å²) in [5.74, 6) is 0.750. The summed E-state index contributed by atoms with van der Waals surface area (Å²) in [6, 6.07) is 15.3. The third kappa shape index (κ3) is 6.00. The first-order valence-electron chi connectivity index (χ1n) is 12.1. The molecule has 3 N–H and O–H groups in total. The van der Waals surface area contributed by atoms with Crippen LogP contribution in [0, 0.1) is 0 Å². The maximum atomic E-state index is 12.4. The molecule has 1 aliphatic carbocycles. The van der Waals surface area contributed by atoms with E-state index in [0.717, 1.165) is 38.3 Å². The number of hydrogen-bond acceptors (Lipinski definition) is 8. The van der Waals surface area contributed by atoms with Gasteiger partial charge in [0.2, 0.25) is 16.0 Å². The molecule has 0 radical (unpaired) electrons. The molecule has 0 unspecified atom stereocenters. The Morgan fingerprint density at radius 2 is 1.69 bits per heavy atom. The Morgan fingerprint density at radius 3 is 2.44 bits per heavy atom. The third-order valence-corrected chi connectivity index (χ3v) is 8.48. The van der Waals surface area contributed by atoms with Crippen molar-refractivity contribution in [2.75, 3.05) is 53.5 Å². The lowest BCUT2D eigenvalue weighted by atomic mass is 10.2. The summed E-state index contributed by atoms with van der Waals surface area (Å²) in [4.78, 5) is 13.6. The number of halogens is 1. The Morgan fingerprint density at radius 1 is 0.944 bits per heavy atom.